The van der Waals surface area contributed by atoms with Gasteiger partial charge in [-0.1, -0.05) is 24.3 Å². The second kappa shape index (κ2) is 9.13. The number of nitrogens with two attached hydrogens (primary N) is 1. The third-order valence-corrected chi connectivity index (χ3v) is 6.65. The minimum Gasteiger partial charge on any atom is -0.382 e. The van der Waals surface area contributed by atoms with Gasteiger partial charge < -0.3 is 16.4 Å². The molecule has 1 amide bonds. The van der Waals surface area contributed by atoms with Gasteiger partial charge in [0, 0.05) is 33.6 Å². The molecule has 0 spiro atoms. The number of ketones is 1. The van der Waals surface area contributed by atoms with Crippen LogP contribution in [0, 0.1) is 6.92 Å². The van der Waals surface area contributed by atoms with E-state index in [1.165, 1.54) is 36.0 Å². The largest absolute Gasteiger partial charge is 0.454 e. The van der Waals surface area contributed by atoms with Gasteiger partial charge in [-0.3, -0.25) is 9.59 Å². The standard InChI is InChI=1S/C25H17F3N6O2S/c1-12-5-6-16-15(18(12)34-24(36)17-10-37-20-19(17)31-11-32-22(20)29)7-8-30-23(16)33-14-4-2-3-13(9-14)21(35)25(26,27)28/h2-11H,1H3,(H,30,33)(H,34,36)(H2,29,31,32). The van der Waals surface area contributed by atoms with E-state index in [0.717, 1.165) is 17.7 Å². The van der Waals surface area contributed by atoms with Crippen LogP contribution >= 0.6 is 11.3 Å². The molecule has 5 rings (SSSR count). The number of nitrogens with zero attached hydrogens (tertiary/aromatic N) is 3. The number of halogens is 3. The molecule has 0 saturated carbocycles. The Bertz CT molecular complexity index is 1700. The quantitative estimate of drug-likeness (QED) is 0.247. The van der Waals surface area contributed by atoms with E-state index in [9.17, 15) is 22.8 Å². The first-order valence-electron chi connectivity index (χ1n) is 10.8. The number of nitrogens with one attached hydrogen (secondary N) is 2. The van der Waals surface area contributed by atoms with Crippen LogP contribution in [0.2, 0.25) is 0 Å². The predicted octanol–water partition coefficient (Wildman–Crippen LogP) is 5.87. The number of pyridine rings is 1. The average molecular weight is 523 g/mol. The summed E-state index contributed by atoms with van der Waals surface area (Å²) in [4.78, 5) is 37.3. The highest BCUT2D eigenvalue weighted by Gasteiger charge is 2.39. The average Bonchev–Trinajstić information content (AvgIpc) is 3.31. The number of thiophene rings is 1. The lowest BCUT2D eigenvalue weighted by atomic mass is 10.0. The molecule has 12 heteroatoms. The molecule has 37 heavy (non-hydrogen) atoms. The second-order valence-electron chi connectivity index (χ2n) is 8.08. The number of hydrogen-bond donors (Lipinski definition) is 3. The number of amides is 1. The third-order valence-electron chi connectivity index (χ3n) is 5.66. The molecule has 0 fully saturated rings. The van der Waals surface area contributed by atoms with Crippen molar-refractivity contribution >= 4 is 67.0 Å². The predicted molar refractivity (Wildman–Crippen MR) is 136 cm³/mol. The minimum atomic E-state index is -4.98. The maximum absolute atomic E-state index is 13.2. The number of nitrogen functional groups attached to an aromatic ring is 1. The number of benzene rings is 2. The molecule has 3 aromatic heterocycles. The van der Waals surface area contributed by atoms with Crippen LogP contribution in [0.25, 0.3) is 21.0 Å². The highest BCUT2D eigenvalue weighted by Crippen LogP contribution is 2.34. The highest BCUT2D eigenvalue weighted by atomic mass is 32.1. The Morgan fingerprint density at radius 2 is 1.84 bits per heavy atom. The van der Waals surface area contributed by atoms with E-state index in [-0.39, 0.29) is 17.4 Å². The fourth-order valence-corrected chi connectivity index (χ4v) is 4.78. The third kappa shape index (κ3) is 4.54. The molecule has 0 bridgehead atoms. The Labute approximate surface area is 211 Å². The van der Waals surface area contributed by atoms with Crippen LogP contribution in [-0.2, 0) is 0 Å². The number of alkyl halides is 3. The van der Waals surface area contributed by atoms with Gasteiger partial charge in [-0.25, -0.2) is 15.0 Å². The van der Waals surface area contributed by atoms with E-state index >= 15 is 0 Å². The number of rotatable bonds is 5. The van der Waals surface area contributed by atoms with Crippen molar-refractivity contribution in [3.8, 4) is 0 Å². The lowest BCUT2D eigenvalue weighted by Gasteiger charge is -2.15. The van der Waals surface area contributed by atoms with Crippen LogP contribution in [0.15, 0.2) is 60.4 Å². The molecule has 0 radical (unpaired) electrons. The summed E-state index contributed by atoms with van der Waals surface area (Å²) in [6.45, 7) is 1.83. The summed E-state index contributed by atoms with van der Waals surface area (Å²) in [5.74, 6) is -1.69. The maximum Gasteiger partial charge on any atom is 0.454 e. The Kier molecular flexibility index (Phi) is 5.96. The van der Waals surface area contributed by atoms with Gasteiger partial charge in [-0.2, -0.15) is 13.2 Å². The number of anilines is 4. The summed E-state index contributed by atoms with van der Waals surface area (Å²) >= 11 is 1.27. The Hall–Kier alpha value is -4.58. The van der Waals surface area contributed by atoms with E-state index in [0.29, 0.717) is 38.1 Å². The zero-order valence-electron chi connectivity index (χ0n) is 19.1. The monoisotopic (exact) mass is 522 g/mol. The topological polar surface area (TPSA) is 123 Å². The van der Waals surface area contributed by atoms with Gasteiger partial charge in [0.05, 0.1) is 21.5 Å². The molecule has 0 saturated heterocycles. The van der Waals surface area contributed by atoms with Crippen LogP contribution in [0.1, 0.15) is 26.3 Å². The van der Waals surface area contributed by atoms with Crippen LogP contribution in [0.5, 0.6) is 0 Å². The molecule has 186 valence electrons. The summed E-state index contributed by atoms with van der Waals surface area (Å²) in [7, 11) is 0. The van der Waals surface area contributed by atoms with Crippen molar-refractivity contribution in [3.05, 3.63) is 77.1 Å². The van der Waals surface area contributed by atoms with E-state index in [1.54, 1.807) is 23.6 Å². The van der Waals surface area contributed by atoms with E-state index in [1.807, 2.05) is 6.92 Å². The summed E-state index contributed by atoms with van der Waals surface area (Å²) in [5.41, 5.74) is 7.77. The van der Waals surface area contributed by atoms with Gasteiger partial charge in [-0.05, 0) is 30.7 Å². The summed E-state index contributed by atoms with van der Waals surface area (Å²) in [5, 5.41) is 8.84. The van der Waals surface area contributed by atoms with Crippen LogP contribution in [0.4, 0.5) is 36.2 Å². The summed E-state index contributed by atoms with van der Waals surface area (Å²) < 4.78 is 39.2. The van der Waals surface area contributed by atoms with Crippen LogP contribution < -0.4 is 16.4 Å². The van der Waals surface area contributed by atoms with Crippen molar-refractivity contribution in [2.45, 2.75) is 13.1 Å². The van der Waals surface area contributed by atoms with E-state index in [2.05, 4.69) is 25.6 Å². The Morgan fingerprint density at radius 3 is 2.62 bits per heavy atom. The number of Topliss-reactive ketones (excluding diaryl/α,β-unsaturated/α-hetero) is 1. The number of hydrogen-bond acceptors (Lipinski definition) is 8. The van der Waals surface area contributed by atoms with Gasteiger partial charge in [0.2, 0.25) is 0 Å². The second-order valence-corrected chi connectivity index (χ2v) is 8.96. The molecule has 8 nitrogen and oxygen atoms in total. The lowest BCUT2D eigenvalue weighted by molar-refractivity contribution is -0.0885. The number of aromatic nitrogens is 3. The molecule has 0 aliphatic rings. The van der Waals surface area contributed by atoms with Crippen molar-refractivity contribution in [2.75, 3.05) is 16.4 Å². The normalized spacial score (nSPS) is 11.6. The fraction of sp³-hybridized carbons (Fsp3) is 0.0800. The van der Waals surface area contributed by atoms with Crippen molar-refractivity contribution < 1.29 is 22.8 Å². The first-order valence-corrected chi connectivity index (χ1v) is 11.7. The molecule has 5 aromatic rings. The van der Waals surface area contributed by atoms with Gasteiger partial charge >= 0.3 is 6.18 Å². The zero-order chi connectivity index (χ0) is 26.3. The zero-order valence-corrected chi connectivity index (χ0v) is 19.9. The Balaban J connectivity index is 1.50. The first kappa shape index (κ1) is 24.1. The van der Waals surface area contributed by atoms with Crippen LogP contribution in [-0.4, -0.2) is 32.8 Å². The molecule has 4 N–H and O–H groups in total. The molecule has 0 atom stereocenters. The smallest absolute Gasteiger partial charge is 0.382 e. The Morgan fingerprint density at radius 1 is 1.03 bits per heavy atom. The number of fused-ring (bicyclic) bond motifs is 2. The molecule has 0 aliphatic heterocycles. The summed E-state index contributed by atoms with van der Waals surface area (Å²) in [6, 6.07) is 10.4. The minimum absolute atomic E-state index is 0.253. The number of carbonyl (C=O) groups excluding carboxylic acids is 2. The molecule has 0 unspecified atom stereocenters. The van der Waals surface area contributed by atoms with E-state index in [4.69, 9.17) is 5.73 Å². The van der Waals surface area contributed by atoms with Crippen molar-refractivity contribution in [1.82, 2.24) is 15.0 Å². The van der Waals surface area contributed by atoms with Gasteiger partial charge in [0.15, 0.2) is 0 Å². The van der Waals surface area contributed by atoms with E-state index < -0.39 is 17.5 Å². The molecular formula is C25H17F3N6O2S. The number of aryl methyl sites for hydroxylation is 1. The lowest BCUT2D eigenvalue weighted by Crippen LogP contribution is -2.22. The number of carbonyl (C=O) groups is 2. The van der Waals surface area contributed by atoms with Crippen molar-refractivity contribution in [1.29, 1.82) is 0 Å². The van der Waals surface area contributed by atoms with Crippen molar-refractivity contribution in [2.24, 2.45) is 0 Å². The van der Waals surface area contributed by atoms with Crippen molar-refractivity contribution in [3.63, 3.8) is 0 Å². The molecular weight excluding hydrogens is 505 g/mol. The molecule has 3 heterocycles. The molecule has 0 aliphatic carbocycles. The first-order chi connectivity index (χ1) is 17.6. The van der Waals surface area contributed by atoms with Crippen LogP contribution in [0.3, 0.4) is 0 Å². The van der Waals surface area contributed by atoms with Gasteiger partial charge in [-0.15, -0.1) is 11.3 Å². The highest BCUT2D eigenvalue weighted by molar-refractivity contribution is 7.18. The fourth-order valence-electron chi connectivity index (χ4n) is 3.88. The summed E-state index contributed by atoms with van der Waals surface area (Å²) in [6.07, 6.45) is -2.17. The SMILES string of the molecule is Cc1ccc2c(Nc3cccc(C(=O)C(F)(F)F)c3)nccc2c1NC(=O)c1csc2c(N)ncnc12. The van der Waals surface area contributed by atoms with Gasteiger partial charge in [0.25, 0.3) is 11.7 Å². The van der Waals surface area contributed by atoms with Gasteiger partial charge in [0.1, 0.15) is 18.0 Å². The molecule has 2 aromatic carbocycles. The maximum atomic E-state index is 13.2.